The van der Waals surface area contributed by atoms with Gasteiger partial charge >= 0.3 is 7.60 Å². The molecule has 3 rings (SSSR count). The summed E-state index contributed by atoms with van der Waals surface area (Å²) in [7, 11) is -4.59. The summed E-state index contributed by atoms with van der Waals surface area (Å²) < 4.78 is 36.7. The van der Waals surface area contributed by atoms with E-state index in [2.05, 4.69) is 10.3 Å². The van der Waals surface area contributed by atoms with Gasteiger partial charge in [-0.25, -0.2) is 9.37 Å². The maximum atomic E-state index is 14.3. The first kappa shape index (κ1) is 21.9. The zero-order chi connectivity index (χ0) is 21.9. The molecule has 0 unspecified atom stereocenters. The number of aromatic nitrogens is 1. The van der Waals surface area contributed by atoms with E-state index in [4.69, 9.17) is 19.3 Å². The Kier molecular flexibility index (Phi) is 6.52. The van der Waals surface area contributed by atoms with Gasteiger partial charge < -0.3 is 19.3 Å². The molecule has 1 amide bonds. The fourth-order valence-corrected chi connectivity index (χ4v) is 3.51. The van der Waals surface area contributed by atoms with Crippen LogP contribution in [0.4, 0.5) is 9.52 Å². The summed E-state index contributed by atoms with van der Waals surface area (Å²) in [5.74, 6) is -1.24. The molecule has 3 N–H and O–H groups in total. The average Bonchev–Trinajstić information content (AvgIpc) is 3.14. The van der Waals surface area contributed by atoms with Crippen molar-refractivity contribution >= 4 is 35.3 Å². The maximum Gasteiger partial charge on any atom is 0.356 e. The minimum Gasteiger partial charge on any atom is -0.491 e. The molecule has 0 aliphatic carbocycles. The lowest BCUT2D eigenvalue weighted by molar-refractivity contribution is 0.102. The van der Waals surface area contributed by atoms with Crippen molar-refractivity contribution in [2.24, 2.45) is 0 Å². The molecule has 0 aliphatic rings. The monoisotopic (exact) mass is 452 g/mol. The zero-order valence-electron chi connectivity index (χ0n) is 15.9. The van der Waals surface area contributed by atoms with Crippen LogP contribution in [-0.4, -0.2) is 26.8 Å². The highest BCUT2D eigenvalue weighted by atomic mass is 32.1. The molecule has 0 spiro atoms. The Bertz CT molecular complexity index is 1100. The van der Waals surface area contributed by atoms with Gasteiger partial charge in [0.15, 0.2) is 16.7 Å². The molecule has 2 aromatic carbocycles. The number of ether oxygens (including phenoxy) is 2. The Labute approximate surface area is 175 Å². The number of nitrogens with zero attached hydrogens (tertiary/aromatic N) is 1. The Hall–Kier alpha value is -2.78. The standard InChI is InChI=1S/C19H18FN2O6PS/c1-11(2)27-13-7-12(18(23)22-19-21-5-6-30-19)8-14(9-13)28-17-4-3-15(10-16(17)20)29(24,25)26/h3-11H,1-2H3,(H,21,22,23)(H2,24,25,26). The van der Waals surface area contributed by atoms with Crippen LogP contribution >= 0.6 is 18.9 Å². The average molecular weight is 452 g/mol. The summed E-state index contributed by atoms with van der Waals surface area (Å²) in [4.78, 5) is 34.9. The van der Waals surface area contributed by atoms with E-state index in [1.165, 1.54) is 29.5 Å². The van der Waals surface area contributed by atoms with E-state index in [1.54, 1.807) is 11.6 Å². The molecule has 0 saturated carbocycles. The van der Waals surface area contributed by atoms with Gasteiger partial charge in [0.1, 0.15) is 11.5 Å². The first-order valence-electron chi connectivity index (χ1n) is 8.68. The fraction of sp³-hybridized carbons (Fsp3) is 0.158. The van der Waals surface area contributed by atoms with Gasteiger partial charge in [0, 0.05) is 23.2 Å². The van der Waals surface area contributed by atoms with Gasteiger partial charge in [-0.05, 0) is 44.2 Å². The maximum absolute atomic E-state index is 14.3. The van der Waals surface area contributed by atoms with E-state index < -0.39 is 24.6 Å². The summed E-state index contributed by atoms with van der Waals surface area (Å²) in [5.41, 5.74) is 0.200. The Balaban J connectivity index is 1.91. The van der Waals surface area contributed by atoms with Crippen LogP contribution in [0.15, 0.2) is 48.0 Å². The third kappa shape index (κ3) is 5.64. The quantitative estimate of drug-likeness (QED) is 0.465. The first-order valence-corrected chi connectivity index (χ1v) is 11.2. The van der Waals surface area contributed by atoms with Gasteiger partial charge in [-0.15, -0.1) is 11.3 Å². The fourth-order valence-electron chi connectivity index (χ4n) is 2.44. The summed E-state index contributed by atoms with van der Waals surface area (Å²) in [5, 5.41) is 4.31. The highest BCUT2D eigenvalue weighted by Crippen LogP contribution is 2.36. The van der Waals surface area contributed by atoms with Crippen molar-refractivity contribution < 1.29 is 33.0 Å². The van der Waals surface area contributed by atoms with Crippen molar-refractivity contribution in [1.29, 1.82) is 0 Å². The number of hydrogen-bond acceptors (Lipinski definition) is 6. The molecule has 30 heavy (non-hydrogen) atoms. The first-order chi connectivity index (χ1) is 14.1. The predicted molar refractivity (Wildman–Crippen MR) is 110 cm³/mol. The molecule has 0 atom stereocenters. The summed E-state index contributed by atoms with van der Waals surface area (Å²) in [6.45, 7) is 3.62. The number of hydrogen-bond donors (Lipinski definition) is 3. The van der Waals surface area contributed by atoms with Crippen molar-refractivity contribution in [1.82, 2.24) is 4.98 Å². The van der Waals surface area contributed by atoms with Gasteiger partial charge in [-0.3, -0.25) is 14.7 Å². The highest BCUT2D eigenvalue weighted by molar-refractivity contribution is 7.60. The summed E-state index contributed by atoms with van der Waals surface area (Å²) in [6.07, 6.45) is 1.37. The molecule has 0 aliphatic heterocycles. The number of halogens is 1. The molecule has 8 nitrogen and oxygen atoms in total. The number of carbonyl (C=O) groups is 1. The van der Waals surface area contributed by atoms with Gasteiger partial charge in [0.2, 0.25) is 0 Å². The largest absolute Gasteiger partial charge is 0.491 e. The second-order valence-electron chi connectivity index (χ2n) is 6.41. The van der Waals surface area contributed by atoms with Crippen LogP contribution in [0.5, 0.6) is 17.2 Å². The van der Waals surface area contributed by atoms with Crippen LogP contribution < -0.4 is 20.1 Å². The second-order valence-corrected chi connectivity index (χ2v) is 8.91. The van der Waals surface area contributed by atoms with E-state index in [0.717, 1.165) is 12.1 Å². The van der Waals surface area contributed by atoms with Crippen molar-refractivity contribution in [3.8, 4) is 17.2 Å². The van der Waals surface area contributed by atoms with E-state index in [1.807, 2.05) is 13.8 Å². The molecular formula is C19H18FN2O6PS. The Morgan fingerprint density at radius 2 is 1.93 bits per heavy atom. The minimum absolute atomic E-state index is 0.111. The number of anilines is 1. The van der Waals surface area contributed by atoms with Crippen LogP contribution in [0, 0.1) is 5.82 Å². The number of carbonyl (C=O) groups excluding carboxylic acids is 1. The lowest BCUT2D eigenvalue weighted by Gasteiger charge is -2.14. The van der Waals surface area contributed by atoms with Gasteiger partial charge in [-0.1, -0.05) is 0 Å². The molecule has 0 bridgehead atoms. The predicted octanol–water partition coefficient (Wildman–Crippen LogP) is 3.92. The Morgan fingerprint density at radius 1 is 1.20 bits per heavy atom. The SMILES string of the molecule is CC(C)Oc1cc(Oc2ccc(P(=O)(O)O)cc2F)cc(C(=O)Nc2nccs2)c1. The molecule has 158 valence electrons. The van der Waals surface area contributed by atoms with Gasteiger partial charge in [0.25, 0.3) is 5.91 Å². The number of rotatable bonds is 7. The van der Waals surface area contributed by atoms with Crippen LogP contribution in [0.25, 0.3) is 0 Å². The smallest absolute Gasteiger partial charge is 0.356 e. The number of nitrogens with one attached hydrogen (secondary N) is 1. The van der Waals surface area contributed by atoms with Crippen molar-refractivity contribution in [2.75, 3.05) is 5.32 Å². The van der Waals surface area contributed by atoms with E-state index in [0.29, 0.717) is 16.9 Å². The summed E-state index contributed by atoms with van der Waals surface area (Å²) in [6, 6.07) is 7.28. The third-order valence-corrected chi connectivity index (χ3v) is 5.29. The highest BCUT2D eigenvalue weighted by Gasteiger charge is 2.20. The van der Waals surface area contributed by atoms with Crippen LogP contribution in [-0.2, 0) is 4.57 Å². The Morgan fingerprint density at radius 3 is 2.53 bits per heavy atom. The lowest BCUT2D eigenvalue weighted by atomic mass is 10.2. The molecule has 0 saturated heterocycles. The number of amides is 1. The van der Waals surface area contributed by atoms with E-state index >= 15 is 0 Å². The van der Waals surface area contributed by atoms with Crippen LogP contribution in [0.2, 0.25) is 0 Å². The van der Waals surface area contributed by atoms with Crippen LogP contribution in [0.1, 0.15) is 24.2 Å². The van der Waals surface area contributed by atoms with Crippen molar-refractivity contribution in [3.05, 3.63) is 59.4 Å². The molecule has 1 aromatic heterocycles. The molecule has 0 fully saturated rings. The van der Waals surface area contributed by atoms with Gasteiger partial charge in [-0.2, -0.15) is 0 Å². The minimum atomic E-state index is -4.59. The van der Waals surface area contributed by atoms with E-state index in [9.17, 15) is 13.8 Å². The molecule has 1 heterocycles. The number of thiazole rings is 1. The van der Waals surface area contributed by atoms with Crippen molar-refractivity contribution in [3.63, 3.8) is 0 Å². The molecular weight excluding hydrogens is 434 g/mol. The summed E-state index contributed by atoms with van der Waals surface area (Å²) >= 11 is 1.25. The van der Waals surface area contributed by atoms with Crippen LogP contribution in [0.3, 0.4) is 0 Å². The normalized spacial score (nSPS) is 11.4. The van der Waals surface area contributed by atoms with E-state index in [-0.39, 0.29) is 23.2 Å². The second kappa shape index (κ2) is 8.93. The topological polar surface area (TPSA) is 118 Å². The molecule has 0 radical (unpaired) electrons. The zero-order valence-corrected chi connectivity index (χ0v) is 17.6. The lowest BCUT2D eigenvalue weighted by Crippen LogP contribution is -2.13. The molecule has 11 heteroatoms. The number of benzene rings is 2. The third-order valence-electron chi connectivity index (χ3n) is 3.65. The molecule has 3 aromatic rings. The van der Waals surface area contributed by atoms with Crippen molar-refractivity contribution in [2.45, 2.75) is 20.0 Å². The van der Waals surface area contributed by atoms with Gasteiger partial charge in [0.05, 0.1) is 11.4 Å².